The van der Waals surface area contributed by atoms with Crippen LogP contribution in [0.1, 0.15) is 5.56 Å². The molecule has 0 aliphatic rings. The second kappa shape index (κ2) is 6.38. The molecule has 100 valence electrons. The number of ether oxygens (including phenoxy) is 1. The molecular weight excluding hydrogens is 272 g/mol. The van der Waals surface area contributed by atoms with Gasteiger partial charge in [0.25, 0.3) is 0 Å². The van der Waals surface area contributed by atoms with Gasteiger partial charge >= 0.3 is 6.61 Å². The molecule has 0 saturated heterocycles. The quantitative estimate of drug-likeness (QED) is 0.869. The molecule has 1 N–H and O–H groups in total. The third kappa shape index (κ3) is 4.41. The van der Waals surface area contributed by atoms with Crippen molar-refractivity contribution in [2.24, 2.45) is 0 Å². The average molecular weight is 284 g/mol. The van der Waals surface area contributed by atoms with E-state index in [1.165, 1.54) is 12.1 Å². The molecule has 2 rings (SSSR count). The highest BCUT2D eigenvalue weighted by molar-refractivity contribution is 6.30. The van der Waals surface area contributed by atoms with Crippen molar-refractivity contribution in [2.75, 3.05) is 5.32 Å². The highest BCUT2D eigenvalue weighted by Crippen LogP contribution is 2.20. The van der Waals surface area contributed by atoms with E-state index < -0.39 is 6.61 Å². The maximum absolute atomic E-state index is 12.1. The number of rotatable bonds is 5. The number of benzene rings is 2. The summed E-state index contributed by atoms with van der Waals surface area (Å²) >= 11 is 5.88. The first-order valence-electron chi connectivity index (χ1n) is 5.67. The third-order valence-corrected chi connectivity index (χ3v) is 2.68. The van der Waals surface area contributed by atoms with E-state index in [1.807, 2.05) is 18.2 Å². The van der Waals surface area contributed by atoms with Gasteiger partial charge in [0.15, 0.2) is 0 Å². The van der Waals surface area contributed by atoms with Crippen molar-refractivity contribution in [3.8, 4) is 5.75 Å². The largest absolute Gasteiger partial charge is 0.435 e. The fourth-order valence-corrected chi connectivity index (χ4v) is 1.85. The molecule has 0 atom stereocenters. The average Bonchev–Trinajstić information content (AvgIpc) is 2.36. The minimum absolute atomic E-state index is 0.131. The molecule has 19 heavy (non-hydrogen) atoms. The molecular formula is C14H12ClF2NO. The van der Waals surface area contributed by atoms with E-state index in [2.05, 4.69) is 10.1 Å². The lowest BCUT2D eigenvalue weighted by Crippen LogP contribution is -2.03. The molecule has 0 unspecified atom stereocenters. The summed E-state index contributed by atoms with van der Waals surface area (Å²) in [7, 11) is 0. The first-order valence-corrected chi connectivity index (χ1v) is 6.04. The van der Waals surface area contributed by atoms with Crippen LogP contribution in [0.2, 0.25) is 5.02 Å². The molecule has 0 fully saturated rings. The molecule has 0 bridgehead atoms. The third-order valence-electron chi connectivity index (χ3n) is 2.44. The lowest BCUT2D eigenvalue weighted by Gasteiger charge is -2.09. The van der Waals surface area contributed by atoms with E-state index in [-0.39, 0.29) is 5.75 Å². The lowest BCUT2D eigenvalue weighted by molar-refractivity contribution is -0.0498. The van der Waals surface area contributed by atoms with Crippen molar-refractivity contribution in [2.45, 2.75) is 13.2 Å². The normalized spacial score (nSPS) is 10.5. The van der Waals surface area contributed by atoms with Crippen LogP contribution < -0.4 is 10.1 Å². The first-order chi connectivity index (χ1) is 9.13. The van der Waals surface area contributed by atoms with Gasteiger partial charge < -0.3 is 10.1 Å². The molecule has 5 heteroatoms. The number of hydrogen-bond donors (Lipinski definition) is 1. The van der Waals surface area contributed by atoms with Crippen LogP contribution in [0, 0.1) is 0 Å². The van der Waals surface area contributed by atoms with Gasteiger partial charge in [-0.2, -0.15) is 8.78 Å². The Bertz CT molecular complexity index is 548. The zero-order chi connectivity index (χ0) is 13.7. The Balaban J connectivity index is 1.99. The van der Waals surface area contributed by atoms with Crippen LogP contribution >= 0.6 is 11.6 Å². The molecule has 2 aromatic rings. The van der Waals surface area contributed by atoms with Crippen molar-refractivity contribution < 1.29 is 13.5 Å². The standard InChI is InChI=1S/C14H12ClF2NO/c15-11-4-1-3-10(7-11)9-18-12-5-2-6-13(8-12)19-14(16)17/h1-8,14,18H,9H2. The van der Waals surface area contributed by atoms with E-state index in [9.17, 15) is 8.78 Å². The van der Waals surface area contributed by atoms with E-state index in [1.54, 1.807) is 18.2 Å². The molecule has 0 aliphatic carbocycles. The van der Waals surface area contributed by atoms with Gasteiger partial charge in [-0.3, -0.25) is 0 Å². The van der Waals surface area contributed by atoms with Crippen molar-refractivity contribution in [1.82, 2.24) is 0 Å². The summed E-state index contributed by atoms with van der Waals surface area (Å²) in [6.45, 7) is -2.26. The Morgan fingerprint density at radius 2 is 1.89 bits per heavy atom. The van der Waals surface area contributed by atoms with Gasteiger partial charge in [-0.1, -0.05) is 29.8 Å². The number of anilines is 1. The zero-order valence-corrected chi connectivity index (χ0v) is 10.7. The van der Waals surface area contributed by atoms with Crippen LogP contribution in [0.5, 0.6) is 5.75 Å². The van der Waals surface area contributed by atoms with E-state index in [0.29, 0.717) is 17.3 Å². The Kier molecular flexibility index (Phi) is 4.58. The molecule has 0 heterocycles. The van der Waals surface area contributed by atoms with Crippen LogP contribution in [0.4, 0.5) is 14.5 Å². The molecule has 0 aliphatic heterocycles. The predicted octanol–water partition coefficient (Wildman–Crippen LogP) is 4.55. The van der Waals surface area contributed by atoms with Crippen LogP contribution in [-0.2, 0) is 6.54 Å². The summed E-state index contributed by atoms with van der Waals surface area (Å²) in [5.41, 5.74) is 1.71. The fraction of sp³-hybridized carbons (Fsp3) is 0.143. The minimum atomic E-state index is -2.82. The van der Waals surface area contributed by atoms with E-state index >= 15 is 0 Å². The fourth-order valence-electron chi connectivity index (χ4n) is 1.63. The Morgan fingerprint density at radius 1 is 1.11 bits per heavy atom. The molecule has 0 amide bonds. The highest BCUT2D eigenvalue weighted by Gasteiger charge is 2.04. The topological polar surface area (TPSA) is 21.3 Å². The Labute approximate surface area is 115 Å². The van der Waals surface area contributed by atoms with Gasteiger partial charge in [-0.25, -0.2) is 0 Å². The predicted molar refractivity (Wildman–Crippen MR) is 71.9 cm³/mol. The number of alkyl halides is 2. The molecule has 0 aromatic heterocycles. The van der Waals surface area contributed by atoms with Crippen LogP contribution in [0.15, 0.2) is 48.5 Å². The molecule has 0 saturated carbocycles. The summed E-state index contributed by atoms with van der Waals surface area (Å²) in [5, 5.41) is 3.78. The van der Waals surface area contributed by atoms with Crippen LogP contribution in [0.25, 0.3) is 0 Å². The molecule has 0 spiro atoms. The maximum Gasteiger partial charge on any atom is 0.387 e. The second-order valence-electron chi connectivity index (χ2n) is 3.89. The van der Waals surface area contributed by atoms with Crippen molar-refractivity contribution in [3.05, 3.63) is 59.1 Å². The van der Waals surface area contributed by atoms with Crippen LogP contribution in [-0.4, -0.2) is 6.61 Å². The van der Waals surface area contributed by atoms with E-state index in [0.717, 1.165) is 5.56 Å². The minimum Gasteiger partial charge on any atom is -0.435 e. The Hall–Kier alpha value is -1.81. The first kappa shape index (κ1) is 13.6. The molecule has 2 aromatic carbocycles. The van der Waals surface area contributed by atoms with Gasteiger partial charge in [-0.05, 0) is 29.8 Å². The maximum atomic E-state index is 12.1. The summed E-state index contributed by atoms with van der Waals surface area (Å²) in [5.74, 6) is 0.131. The molecule has 0 radical (unpaired) electrons. The Morgan fingerprint density at radius 3 is 2.63 bits per heavy atom. The molecule has 2 nitrogen and oxygen atoms in total. The summed E-state index contributed by atoms with van der Waals surface area (Å²) < 4.78 is 28.5. The van der Waals surface area contributed by atoms with Gasteiger partial charge in [0.2, 0.25) is 0 Å². The van der Waals surface area contributed by atoms with Gasteiger partial charge in [0.1, 0.15) is 5.75 Å². The highest BCUT2D eigenvalue weighted by atomic mass is 35.5. The zero-order valence-electron chi connectivity index (χ0n) is 9.95. The van der Waals surface area contributed by atoms with Crippen LogP contribution in [0.3, 0.4) is 0 Å². The van der Waals surface area contributed by atoms with Gasteiger partial charge in [-0.15, -0.1) is 0 Å². The van der Waals surface area contributed by atoms with Crippen molar-refractivity contribution in [1.29, 1.82) is 0 Å². The number of halogens is 3. The number of hydrogen-bond acceptors (Lipinski definition) is 2. The van der Waals surface area contributed by atoms with Crippen molar-refractivity contribution in [3.63, 3.8) is 0 Å². The summed E-state index contributed by atoms with van der Waals surface area (Å²) in [6, 6.07) is 13.9. The SMILES string of the molecule is FC(F)Oc1cccc(NCc2cccc(Cl)c2)c1. The summed E-state index contributed by atoms with van der Waals surface area (Å²) in [4.78, 5) is 0. The van der Waals surface area contributed by atoms with Gasteiger partial charge in [0, 0.05) is 23.3 Å². The smallest absolute Gasteiger partial charge is 0.387 e. The second-order valence-corrected chi connectivity index (χ2v) is 4.33. The monoisotopic (exact) mass is 283 g/mol. The number of nitrogens with one attached hydrogen (secondary N) is 1. The summed E-state index contributed by atoms with van der Waals surface area (Å²) in [6.07, 6.45) is 0. The lowest BCUT2D eigenvalue weighted by atomic mass is 10.2. The van der Waals surface area contributed by atoms with E-state index in [4.69, 9.17) is 11.6 Å². The van der Waals surface area contributed by atoms with Gasteiger partial charge in [0.05, 0.1) is 0 Å². The van der Waals surface area contributed by atoms with Crippen molar-refractivity contribution >= 4 is 17.3 Å².